The van der Waals surface area contributed by atoms with Crippen LogP contribution in [0.3, 0.4) is 0 Å². The molecule has 2 aromatic rings. The minimum Gasteiger partial charge on any atom is -0.393 e. The number of nitrogens with one attached hydrogen (secondary N) is 1. The summed E-state index contributed by atoms with van der Waals surface area (Å²) in [6.07, 6.45) is 1.96. The Kier molecular flexibility index (Phi) is 3.04. The number of fused-ring (bicyclic) bond motifs is 2. The highest BCUT2D eigenvalue weighted by Gasteiger charge is 2.42. The lowest BCUT2D eigenvalue weighted by atomic mass is 10.00. The molecule has 2 aliphatic rings. The lowest BCUT2D eigenvalue weighted by Crippen LogP contribution is -2.25. The van der Waals surface area contributed by atoms with Gasteiger partial charge in [-0.15, -0.1) is 11.3 Å². The zero-order valence-corrected chi connectivity index (χ0v) is 13.2. The smallest absolute Gasteiger partial charge is 0.225 e. The highest BCUT2D eigenvalue weighted by Crippen LogP contribution is 2.41. The largest absolute Gasteiger partial charge is 0.393 e. The van der Waals surface area contributed by atoms with Gasteiger partial charge in [-0.2, -0.15) is 4.98 Å². The number of anilines is 2. The average molecular weight is 304 g/mol. The number of hydrogen-bond acceptors (Lipinski definition) is 6. The zero-order chi connectivity index (χ0) is 14.6. The quantitative estimate of drug-likeness (QED) is 0.891. The van der Waals surface area contributed by atoms with Gasteiger partial charge >= 0.3 is 0 Å². The van der Waals surface area contributed by atoms with Gasteiger partial charge in [0.05, 0.1) is 11.5 Å². The summed E-state index contributed by atoms with van der Waals surface area (Å²) in [5.41, 5.74) is 0. The molecule has 0 spiro atoms. The topological polar surface area (TPSA) is 61.3 Å². The lowest BCUT2D eigenvalue weighted by molar-refractivity contribution is 0.133. The number of aliphatic hydroxyl groups excluding tert-OH is 1. The van der Waals surface area contributed by atoms with Gasteiger partial charge in [0, 0.05) is 30.9 Å². The molecular formula is C15H20N4OS. The van der Waals surface area contributed by atoms with Crippen molar-refractivity contribution in [1.82, 2.24) is 9.97 Å². The molecule has 1 aliphatic heterocycles. The van der Waals surface area contributed by atoms with Gasteiger partial charge in [0.25, 0.3) is 0 Å². The van der Waals surface area contributed by atoms with Crippen LogP contribution in [0.4, 0.5) is 11.8 Å². The van der Waals surface area contributed by atoms with Crippen molar-refractivity contribution in [1.29, 1.82) is 0 Å². The molecule has 1 saturated carbocycles. The molecule has 21 heavy (non-hydrogen) atoms. The Morgan fingerprint density at radius 2 is 2.19 bits per heavy atom. The predicted octanol–water partition coefficient (Wildman–Crippen LogP) is 2.25. The third-order valence-electron chi connectivity index (χ3n) is 4.84. The average Bonchev–Trinajstić information content (AvgIpc) is 3.13. The molecule has 0 aromatic carbocycles. The second kappa shape index (κ2) is 4.81. The minimum absolute atomic E-state index is 0.134. The van der Waals surface area contributed by atoms with E-state index in [1.54, 1.807) is 11.3 Å². The number of thiophene rings is 1. The predicted molar refractivity (Wildman–Crippen MR) is 86.1 cm³/mol. The van der Waals surface area contributed by atoms with E-state index in [-0.39, 0.29) is 6.10 Å². The third-order valence-corrected chi connectivity index (χ3v) is 5.78. The van der Waals surface area contributed by atoms with E-state index in [1.807, 2.05) is 7.05 Å². The van der Waals surface area contributed by atoms with Crippen LogP contribution in [0.15, 0.2) is 6.07 Å². The maximum atomic E-state index is 10.1. The number of aromatic nitrogens is 2. The van der Waals surface area contributed by atoms with Crippen LogP contribution >= 0.6 is 11.3 Å². The fraction of sp³-hybridized carbons (Fsp3) is 0.600. The number of nitrogens with zero attached hydrogens (tertiary/aromatic N) is 3. The monoisotopic (exact) mass is 304 g/mol. The molecule has 112 valence electrons. The van der Waals surface area contributed by atoms with Gasteiger partial charge in [-0.25, -0.2) is 4.98 Å². The summed E-state index contributed by atoms with van der Waals surface area (Å²) in [6.45, 7) is 4.03. The Morgan fingerprint density at radius 3 is 2.95 bits per heavy atom. The van der Waals surface area contributed by atoms with Crippen molar-refractivity contribution in [2.45, 2.75) is 25.9 Å². The van der Waals surface area contributed by atoms with Gasteiger partial charge < -0.3 is 15.3 Å². The first-order chi connectivity index (χ1) is 10.2. The number of aryl methyl sites for hydroxylation is 1. The molecule has 1 saturated heterocycles. The maximum Gasteiger partial charge on any atom is 0.225 e. The minimum atomic E-state index is -0.134. The van der Waals surface area contributed by atoms with E-state index >= 15 is 0 Å². The van der Waals surface area contributed by atoms with Gasteiger partial charge in [-0.05, 0) is 31.7 Å². The van der Waals surface area contributed by atoms with E-state index in [2.05, 4.69) is 28.2 Å². The van der Waals surface area contributed by atoms with E-state index in [9.17, 15) is 5.11 Å². The van der Waals surface area contributed by atoms with E-state index in [4.69, 9.17) is 4.98 Å². The molecule has 2 N–H and O–H groups in total. The third kappa shape index (κ3) is 2.08. The summed E-state index contributed by atoms with van der Waals surface area (Å²) in [6, 6.07) is 2.18. The Balaban J connectivity index is 1.76. The molecule has 3 heterocycles. The van der Waals surface area contributed by atoms with Crippen LogP contribution in [0, 0.1) is 18.8 Å². The zero-order valence-electron chi connectivity index (χ0n) is 12.3. The number of rotatable bonds is 2. The van der Waals surface area contributed by atoms with Crippen molar-refractivity contribution in [3.63, 3.8) is 0 Å². The molecule has 1 aliphatic carbocycles. The molecule has 2 fully saturated rings. The highest BCUT2D eigenvalue weighted by atomic mass is 32.1. The van der Waals surface area contributed by atoms with Crippen LogP contribution in [0.1, 0.15) is 17.7 Å². The molecule has 0 radical (unpaired) electrons. The van der Waals surface area contributed by atoms with Crippen LogP contribution in [0.25, 0.3) is 10.2 Å². The van der Waals surface area contributed by atoms with Gasteiger partial charge in [0.1, 0.15) is 10.6 Å². The van der Waals surface area contributed by atoms with Crippen LogP contribution in [-0.2, 0) is 0 Å². The first kappa shape index (κ1) is 13.3. The Bertz CT molecular complexity index is 686. The van der Waals surface area contributed by atoms with Crippen molar-refractivity contribution in [3.8, 4) is 0 Å². The number of aliphatic hydroxyl groups is 1. The summed E-state index contributed by atoms with van der Waals surface area (Å²) >= 11 is 1.71. The second-order valence-corrected chi connectivity index (χ2v) is 7.41. The van der Waals surface area contributed by atoms with Crippen molar-refractivity contribution in [2.75, 3.05) is 30.4 Å². The second-order valence-electron chi connectivity index (χ2n) is 6.17. The number of hydrogen-bond donors (Lipinski definition) is 2. The van der Waals surface area contributed by atoms with Crippen LogP contribution in [0.2, 0.25) is 0 Å². The van der Waals surface area contributed by atoms with Crippen molar-refractivity contribution in [2.24, 2.45) is 11.8 Å². The SMILES string of the molecule is CNc1nc(N2CC3CCC(O)C3C2)c2cc(C)sc2n1. The normalized spacial score (nSPS) is 28.3. The van der Waals surface area contributed by atoms with Crippen LogP contribution in [-0.4, -0.2) is 41.3 Å². The molecule has 6 heteroatoms. The van der Waals surface area contributed by atoms with E-state index < -0.39 is 0 Å². The molecule has 3 atom stereocenters. The maximum absolute atomic E-state index is 10.1. The van der Waals surface area contributed by atoms with Gasteiger partial charge in [-0.1, -0.05) is 0 Å². The first-order valence-corrected chi connectivity index (χ1v) is 8.36. The van der Waals surface area contributed by atoms with Crippen LogP contribution < -0.4 is 10.2 Å². The molecule has 4 rings (SSSR count). The molecule has 3 unspecified atom stereocenters. The Labute approximate surface area is 128 Å². The fourth-order valence-electron chi connectivity index (χ4n) is 3.79. The standard InChI is InChI=1S/C15H20N4OS/c1-8-5-10-13(17-15(16-2)18-14(10)21-8)19-6-9-3-4-12(20)11(9)7-19/h5,9,11-12,20H,3-4,6-7H2,1-2H3,(H,16,17,18). The summed E-state index contributed by atoms with van der Waals surface area (Å²) in [4.78, 5) is 13.9. The molecule has 0 bridgehead atoms. The van der Waals surface area contributed by atoms with Crippen molar-refractivity contribution < 1.29 is 5.11 Å². The van der Waals surface area contributed by atoms with Gasteiger partial charge in [-0.3, -0.25) is 0 Å². The molecule has 5 nitrogen and oxygen atoms in total. The van der Waals surface area contributed by atoms with E-state index in [1.165, 1.54) is 4.88 Å². The Morgan fingerprint density at radius 1 is 1.33 bits per heavy atom. The molecule has 2 aromatic heterocycles. The molecular weight excluding hydrogens is 284 g/mol. The Hall–Kier alpha value is -1.40. The highest BCUT2D eigenvalue weighted by molar-refractivity contribution is 7.18. The van der Waals surface area contributed by atoms with E-state index in [0.717, 1.165) is 42.0 Å². The fourth-order valence-corrected chi connectivity index (χ4v) is 4.66. The van der Waals surface area contributed by atoms with Gasteiger partial charge in [0.15, 0.2) is 0 Å². The van der Waals surface area contributed by atoms with Crippen molar-refractivity contribution in [3.05, 3.63) is 10.9 Å². The first-order valence-electron chi connectivity index (χ1n) is 7.54. The van der Waals surface area contributed by atoms with Crippen LogP contribution in [0.5, 0.6) is 0 Å². The van der Waals surface area contributed by atoms with E-state index in [0.29, 0.717) is 17.8 Å². The van der Waals surface area contributed by atoms with Gasteiger partial charge in [0.2, 0.25) is 5.95 Å². The van der Waals surface area contributed by atoms with Crippen molar-refractivity contribution >= 4 is 33.3 Å². The summed E-state index contributed by atoms with van der Waals surface area (Å²) in [5, 5.41) is 14.3. The summed E-state index contributed by atoms with van der Waals surface area (Å²) < 4.78 is 0. The molecule has 0 amide bonds. The summed E-state index contributed by atoms with van der Waals surface area (Å²) in [7, 11) is 1.86. The summed E-state index contributed by atoms with van der Waals surface area (Å²) in [5.74, 6) is 2.72. The lowest BCUT2D eigenvalue weighted by Gasteiger charge is -2.20.